The lowest BCUT2D eigenvalue weighted by molar-refractivity contribution is 0.0526. The van der Waals surface area contributed by atoms with E-state index in [4.69, 9.17) is 70.2 Å². The summed E-state index contributed by atoms with van der Waals surface area (Å²) in [5.41, 5.74) is 11.2. The largest absolute Gasteiger partial charge is 0.381 e. The van der Waals surface area contributed by atoms with Crippen molar-refractivity contribution in [2.45, 2.75) is 251 Å². The number of ether oxygens (including phenoxy) is 4. The first kappa shape index (κ1) is 103. The van der Waals surface area contributed by atoms with Crippen LogP contribution in [0.3, 0.4) is 0 Å². The normalized spacial score (nSPS) is 21.5. The molecule has 32 heteroatoms. The lowest BCUT2D eigenvalue weighted by Crippen LogP contribution is -2.52. The number of nitrogens with zero attached hydrogens (tertiary/aromatic N) is 14. The molecule has 0 spiro atoms. The first-order chi connectivity index (χ1) is 66.6. The second-order valence-electron chi connectivity index (χ2n) is 39.4. The molecule has 8 aromatic heterocycles. The summed E-state index contributed by atoms with van der Waals surface area (Å²) in [7, 11) is 0. The Labute approximate surface area is 818 Å². The Hall–Kier alpha value is -9.34. The van der Waals surface area contributed by atoms with Crippen LogP contribution in [0, 0.1) is 126 Å². The molecule has 8 saturated heterocycles. The number of rotatable bonds is 18. The van der Waals surface area contributed by atoms with Crippen molar-refractivity contribution in [1.29, 1.82) is 0 Å². The van der Waals surface area contributed by atoms with Gasteiger partial charge in [-0.1, -0.05) is 99.2 Å². The van der Waals surface area contributed by atoms with Crippen LogP contribution in [0.2, 0.25) is 10.3 Å². The number of fused-ring (bicyclic) bond motifs is 4. The molecule has 0 bridgehead atoms. The summed E-state index contributed by atoms with van der Waals surface area (Å²) in [4.78, 5) is 40.0. The van der Waals surface area contributed by atoms with Gasteiger partial charge in [-0.25, -0.2) is 37.5 Å². The molecule has 8 aliphatic rings. The maximum absolute atomic E-state index is 15.1. The van der Waals surface area contributed by atoms with Crippen molar-refractivity contribution in [3.05, 3.63) is 150 Å². The Bertz CT molecular complexity index is 5730. The van der Waals surface area contributed by atoms with Gasteiger partial charge >= 0.3 is 0 Å². The highest BCUT2D eigenvalue weighted by atomic mass is 35.5. The summed E-state index contributed by atoms with van der Waals surface area (Å²) in [6.07, 6.45) is 20.1. The van der Waals surface area contributed by atoms with Crippen LogP contribution in [-0.4, -0.2) is 190 Å². The highest BCUT2D eigenvalue weighted by Gasteiger charge is 2.37. The van der Waals surface area contributed by atoms with Gasteiger partial charge in [0.1, 0.15) is 67.3 Å². The predicted molar refractivity (Wildman–Crippen MR) is 536 cm³/mol. The monoisotopic (exact) mass is 1940 g/mol. The lowest BCUT2D eigenvalue weighted by atomic mass is 9.79. The third kappa shape index (κ3) is 25.0. The van der Waals surface area contributed by atoms with E-state index in [1.54, 1.807) is 39.8 Å². The minimum Gasteiger partial charge on any atom is -0.381 e. The molecular weight excluding hydrogens is 1800 g/mol. The Kier molecular flexibility index (Phi) is 35.8. The number of nitrogens with one attached hydrogen (secondary N) is 4. The molecule has 0 saturated carbocycles. The fourth-order valence-corrected chi connectivity index (χ4v) is 21.7. The predicted octanol–water partition coefficient (Wildman–Crippen LogP) is 21.8. The second-order valence-corrected chi connectivity index (χ2v) is 40.1. The van der Waals surface area contributed by atoms with Crippen molar-refractivity contribution in [3.63, 3.8) is 0 Å². The van der Waals surface area contributed by atoms with E-state index in [0.29, 0.717) is 116 Å². The maximum Gasteiger partial charge on any atom is 0.261 e. The van der Waals surface area contributed by atoms with Crippen molar-refractivity contribution in [2.24, 2.45) is 47.3 Å². The number of aromatic nitrogens is 12. The molecule has 0 aliphatic carbocycles. The summed E-state index contributed by atoms with van der Waals surface area (Å²) >= 11 is 12.4. The zero-order chi connectivity index (χ0) is 97.5. The fraction of sp³-hybridized carbons (Fsp3) is 0.585. The summed E-state index contributed by atoms with van der Waals surface area (Å²) in [6, 6.07) is 16.0. The Morgan fingerprint density at radius 2 is 0.638 bits per heavy atom. The molecule has 744 valence electrons. The van der Waals surface area contributed by atoms with Gasteiger partial charge in [-0.15, -0.1) is 0 Å². The van der Waals surface area contributed by atoms with Crippen LogP contribution < -0.4 is 31.1 Å². The average Bonchev–Trinajstić information content (AvgIpc) is 1.36. The molecule has 8 aliphatic heterocycles. The van der Waals surface area contributed by atoms with E-state index in [1.165, 1.54) is 89.7 Å². The quantitative estimate of drug-likeness (QED) is 0.0458. The zero-order valence-corrected chi connectivity index (χ0v) is 84.9. The molecule has 8 atom stereocenters. The third-order valence-electron chi connectivity index (χ3n) is 29.6. The zero-order valence-electron chi connectivity index (χ0n) is 83.4. The van der Waals surface area contributed by atoms with E-state index < -0.39 is 0 Å². The summed E-state index contributed by atoms with van der Waals surface area (Å²) in [5.74, 6) is 10.2. The van der Waals surface area contributed by atoms with Crippen LogP contribution >= 0.6 is 23.2 Å². The summed E-state index contributed by atoms with van der Waals surface area (Å²) in [5, 5.41) is 33.6. The van der Waals surface area contributed by atoms with Crippen LogP contribution in [-0.2, 0) is 44.6 Å². The van der Waals surface area contributed by atoms with Gasteiger partial charge in [0, 0.05) is 125 Å². The van der Waals surface area contributed by atoms with Crippen LogP contribution in [0.4, 0.5) is 29.2 Å². The van der Waals surface area contributed by atoms with Crippen molar-refractivity contribution in [1.82, 2.24) is 81.8 Å². The van der Waals surface area contributed by atoms with E-state index in [1.807, 2.05) is 79.7 Å². The Morgan fingerprint density at radius 1 is 0.355 bits per heavy atom. The standard InChI is InChI=1S/2C26H34FN5O2.2C15H13ClFN3O.2C12H23NO/c2*1-5-18-12-20-16(3)23(26-28-17(4)31-34-26)25(30-24(20)21(27)13-18)32-9-6-22(15(2)14-32)29-19-7-10-33-11-8-19;2*1-4-9-5-10-7(2)12(15-18-8(3)20-21-15)14(16)19-13(10)11(17)6-9;2*1-10-9-13-5-2-12(10)8-11-3-6-14-7-4-11/h2*12-13,15,19,22,29H,5-11,14H2,1-4H3;2*5-6H,4H2,1-3H3;2*10-13H,2-9H2,1H3/t2*15-,22+;;;2*10-,12-/m10..10/s1. The van der Waals surface area contributed by atoms with Gasteiger partial charge in [0.15, 0.2) is 23.3 Å². The molecule has 0 unspecified atom stereocenters. The molecule has 16 heterocycles. The van der Waals surface area contributed by atoms with Gasteiger partial charge in [0.05, 0.1) is 22.3 Å². The van der Waals surface area contributed by atoms with E-state index in [9.17, 15) is 8.78 Å². The van der Waals surface area contributed by atoms with E-state index in [-0.39, 0.29) is 44.6 Å². The maximum atomic E-state index is 15.1. The van der Waals surface area contributed by atoms with E-state index >= 15 is 8.78 Å². The topological polar surface area (TPSA) is 299 Å². The number of piperidine rings is 4. The SMILES string of the molecule is CCc1cc(F)c2nc(Cl)c(-c3nc(C)no3)c(C)c2c1.CCc1cc(F)c2nc(Cl)c(-c3nc(C)no3)c(C)c2c1.CCc1cc(F)c2nc(N3CC[C@@H](NC4CCOCC4)[C@@H](C)C3)c(-c3nc(C)no3)c(C)c2c1.CCc1cc(F)c2nc(N3CC[C@H](NC4CCOCC4)[C@H](C)C3)c(-c3nc(C)no3)c(C)c2c1.C[C@@H]1CNCC[C@@H]1CC1CCOCC1.C[C@H]1CNCC[C@H]1CC1CCOCC1. The van der Waals surface area contributed by atoms with Crippen LogP contribution in [0.25, 0.3) is 89.4 Å². The minimum absolute atomic E-state index is 0.159. The molecule has 20 rings (SSSR count). The number of benzene rings is 4. The molecule has 0 amide bonds. The van der Waals surface area contributed by atoms with Crippen LogP contribution in [0.5, 0.6) is 0 Å². The number of hydrogen-bond acceptors (Lipinski definition) is 26. The molecule has 0 radical (unpaired) electrons. The number of hydrogen-bond donors (Lipinski definition) is 4. The minimum atomic E-state index is -0.373. The first-order valence-corrected chi connectivity index (χ1v) is 51.2. The number of anilines is 2. The van der Waals surface area contributed by atoms with Crippen molar-refractivity contribution >= 4 is 78.4 Å². The molecule has 4 aromatic carbocycles. The summed E-state index contributed by atoms with van der Waals surface area (Å²) < 4.78 is 102. The van der Waals surface area contributed by atoms with Gasteiger partial charge in [-0.2, -0.15) is 19.9 Å². The fourth-order valence-electron chi connectivity index (χ4n) is 21.1. The van der Waals surface area contributed by atoms with Crippen LogP contribution in [0.1, 0.15) is 213 Å². The molecule has 12 aromatic rings. The van der Waals surface area contributed by atoms with Gasteiger partial charge in [-0.05, 0) is 338 Å². The smallest absolute Gasteiger partial charge is 0.261 e. The molecular formula is C106H140Cl2F4N18O8. The number of aryl methyl sites for hydroxylation is 12. The average molecular weight is 1940 g/mol. The van der Waals surface area contributed by atoms with Gasteiger partial charge in [-0.3, -0.25) is 0 Å². The van der Waals surface area contributed by atoms with Gasteiger partial charge in [0.2, 0.25) is 0 Å². The highest BCUT2D eigenvalue weighted by molar-refractivity contribution is 6.33. The lowest BCUT2D eigenvalue weighted by Gasteiger charge is -2.41. The number of pyridine rings is 4. The molecule has 4 N–H and O–H groups in total. The van der Waals surface area contributed by atoms with Gasteiger partial charge < -0.3 is 68.1 Å². The van der Waals surface area contributed by atoms with Crippen molar-refractivity contribution < 1.29 is 54.6 Å². The molecule has 26 nitrogen and oxygen atoms in total. The van der Waals surface area contributed by atoms with Crippen LogP contribution in [0.15, 0.2) is 66.6 Å². The second kappa shape index (κ2) is 48.0. The van der Waals surface area contributed by atoms with Crippen molar-refractivity contribution in [2.75, 3.05) is 115 Å². The summed E-state index contributed by atoms with van der Waals surface area (Å²) in [6.45, 7) is 47.7. The molecule has 8 fully saturated rings. The highest BCUT2D eigenvalue weighted by Crippen LogP contribution is 2.44. The van der Waals surface area contributed by atoms with Crippen molar-refractivity contribution in [3.8, 4) is 45.8 Å². The Morgan fingerprint density at radius 3 is 0.913 bits per heavy atom. The number of halogens is 6. The molecule has 138 heavy (non-hydrogen) atoms. The van der Waals surface area contributed by atoms with E-state index in [2.05, 4.69) is 109 Å². The van der Waals surface area contributed by atoms with E-state index in [0.717, 1.165) is 257 Å². The Balaban J connectivity index is 0.000000130. The first-order valence-electron chi connectivity index (χ1n) is 50.4. The third-order valence-corrected chi connectivity index (χ3v) is 30.1. The van der Waals surface area contributed by atoms with Gasteiger partial charge in [0.25, 0.3) is 23.6 Å².